The summed E-state index contributed by atoms with van der Waals surface area (Å²) in [6, 6.07) is 12.6. The van der Waals surface area contributed by atoms with Crippen LogP contribution in [0.5, 0.6) is 0 Å². The van der Waals surface area contributed by atoms with Gasteiger partial charge in [-0.25, -0.2) is 0 Å². The summed E-state index contributed by atoms with van der Waals surface area (Å²) < 4.78 is 0. The van der Waals surface area contributed by atoms with E-state index >= 15 is 0 Å². The van der Waals surface area contributed by atoms with Crippen LogP contribution in [0, 0.1) is 12.3 Å². The van der Waals surface area contributed by atoms with Gasteiger partial charge in [0.15, 0.2) is 5.60 Å². The molecule has 1 N–H and O–H groups in total. The first-order valence-corrected chi connectivity index (χ1v) is 4.93. The van der Waals surface area contributed by atoms with Gasteiger partial charge in [-0.2, -0.15) is 0 Å². The summed E-state index contributed by atoms with van der Waals surface area (Å²) in [5.74, 6) is 2.44. The molecule has 0 bridgehead atoms. The zero-order chi connectivity index (χ0) is 11.4. The minimum Gasteiger partial charge on any atom is -0.369 e. The van der Waals surface area contributed by atoms with Crippen LogP contribution in [0.25, 0.3) is 0 Å². The third-order valence-corrected chi connectivity index (χ3v) is 2.50. The van der Waals surface area contributed by atoms with Crippen LogP contribution < -0.4 is 0 Å². The summed E-state index contributed by atoms with van der Waals surface area (Å²) in [5, 5.41) is 10.5. The molecule has 2 aromatic rings. The minimum atomic E-state index is -1.38. The highest BCUT2D eigenvalue weighted by molar-refractivity contribution is 5.42. The number of aliphatic hydroxyl groups is 1. The molecule has 0 aliphatic heterocycles. The number of hydrogen-bond donors (Lipinski definition) is 1. The topological polar surface area (TPSA) is 33.1 Å². The van der Waals surface area contributed by atoms with Gasteiger partial charge < -0.3 is 5.11 Å². The first-order valence-electron chi connectivity index (χ1n) is 4.93. The van der Waals surface area contributed by atoms with E-state index in [1.807, 2.05) is 18.2 Å². The van der Waals surface area contributed by atoms with E-state index in [9.17, 15) is 5.11 Å². The lowest BCUT2D eigenvalue weighted by molar-refractivity contribution is 0.145. The Hall–Kier alpha value is -2.11. The van der Waals surface area contributed by atoms with E-state index in [-0.39, 0.29) is 0 Å². The molecule has 0 aliphatic carbocycles. The molecule has 0 fully saturated rings. The highest BCUT2D eigenvalue weighted by Gasteiger charge is 2.28. The van der Waals surface area contributed by atoms with Crippen LogP contribution in [0.15, 0.2) is 54.9 Å². The molecule has 78 valence electrons. The second kappa shape index (κ2) is 4.18. The lowest BCUT2D eigenvalue weighted by Crippen LogP contribution is -2.24. The Morgan fingerprint density at radius 2 is 1.56 bits per heavy atom. The Kier molecular flexibility index (Phi) is 2.72. The number of pyridine rings is 1. The number of rotatable bonds is 2. The third kappa shape index (κ3) is 1.69. The molecule has 0 spiro atoms. The fourth-order valence-electron chi connectivity index (χ4n) is 1.61. The number of aromatic nitrogens is 1. The molecule has 0 radical (unpaired) electrons. The molecule has 2 heteroatoms. The summed E-state index contributed by atoms with van der Waals surface area (Å²) in [5.41, 5.74) is -0.0515. The molecule has 2 nitrogen and oxygen atoms in total. The average Bonchev–Trinajstić information content (AvgIpc) is 2.40. The van der Waals surface area contributed by atoms with Crippen molar-refractivity contribution in [1.82, 2.24) is 4.98 Å². The Morgan fingerprint density at radius 1 is 1.00 bits per heavy atom. The number of terminal acetylenes is 1. The van der Waals surface area contributed by atoms with Crippen molar-refractivity contribution in [3.8, 4) is 12.3 Å². The first kappa shape index (κ1) is 10.4. The van der Waals surface area contributed by atoms with Gasteiger partial charge in [0, 0.05) is 23.5 Å². The number of hydrogen-bond acceptors (Lipinski definition) is 2. The maximum Gasteiger partial charge on any atom is 0.176 e. The van der Waals surface area contributed by atoms with E-state index in [0.29, 0.717) is 11.1 Å². The Labute approximate surface area is 94.6 Å². The minimum absolute atomic E-state index is 0.649. The van der Waals surface area contributed by atoms with Crippen LogP contribution in [0.4, 0.5) is 0 Å². The van der Waals surface area contributed by atoms with Gasteiger partial charge in [-0.3, -0.25) is 4.98 Å². The molecule has 0 amide bonds. The van der Waals surface area contributed by atoms with Gasteiger partial charge in [-0.1, -0.05) is 36.3 Å². The highest BCUT2D eigenvalue weighted by atomic mass is 16.3. The van der Waals surface area contributed by atoms with E-state index in [2.05, 4.69) is 10.9 Å². The Balaban J connectivity index is 2.55. The van der Waals surface area contributed by atoms with Crippen LogP contribution in [0.1, 0.15) is 11.1 Å². The SMILES string of the molecule is C#CC(O)(c1ccccc1)c1ccncc1. The second-order valence-corrected chi connectivity index (χ2v) is 3.46. The standard InChI is InChI=1S/C14H11NO/c1-2-14(16,12-6-4-3-5-7-12)13-8-10-15-11-9-13/h1,3-11,16H. The predicted octanol–water partition coefficient (Wildman–Crippen LogP) is 1.95. The highest BCUT2D eigenvalue weighted by Crippen LogP contribution is 2.27. The summed E-state index contributed by atoms with van der Waals surface area (Å²) in [6.07, 6.45) is 8.67. The molecule has 1 atom stereocenters. The van der Waals surface area contributed by atoms with Gasteiger partial charge >= 0.3 is 0 Å². The van der Waals surface area contributed by atoms with Crippen molar-refractivity contribution in [3.05, 3.63) is 66.0 Å². The molecule has 1 aromatic carbocycles. The number of nitrogens with zero attached hydrogens (tertiary/aromatic N) is 1. The fourth-order valence-corrected chi connectivity index (χ4v) is 1.61. The van der Waals surface area contributed by atoms with Crippen LogP contribution in [-0.4, -0.2) is 10.1 Å². The lowest BCUT2D eigenvalue weighted by Gasteiger charge is -2.22. The predicted molar refractivity (Wildman–Crippen MR) is 62.5 cm³/mol. The summed E-state index contributed by atoms with van der Waals surface area (Å²) in [4.78, 5) is 3.91. The second-order valence-electron chi connectivity index (χ2n) is 3.46. The van der Waals surface area contributed by atoms with Gasteiger partial charge in [0.25, 0.3) is 0 Å². The van der Waals surface area contributed by atoms with E-state index < -0.39 is 5.60 Å². The van der Waals surface area contributed by atoms with E-state index in [1.165, 1.54) is 0 Å². The summed E-state index contributed by atoms with van der Waals surface area (Å²) in [7, 11) is 0. The first-order chi connectivity index (χ1) is 7.77. The van der Waals surface area contributed by atoms with Gasteiger partial charge in [0.05, 0.1) is 0 Å². The zero-order valence-corrected chi connectivity index (χ0v) is 8.67. The van der Waals surface area contributed by atoms with E-state index in [0.717, 1.165) is 0 Å². The van der Waals surface area contributed by atoms with Crippen molar-refractivity contribution >= 4 is 0 Å². The maximum absolute atomic E-state index is 10.5. The van der Waals surface area contributed by atoms with Crippen LogP contribution in [0.3, 0.4) is 0 Å². The van der Waals surface area contributed by atoms with Crippen molar-refractivity contribution in [2.24, 2.45) is 0 Å². The molecular weight excluding hydrogens is 198 g/mol. The van der Waals surface area contributed by atoms with Crippen molar-refractivity contribution in [2.45, 2.75) is 5.60 Å². The zero-order valence-electron chi connectivity index (χ0n) is 8.67. The van der Waals surface area contributed by atoms with Crippen molar-refractivity contribution < 1.29 is 5.11 Å². The Bertz CT molecular complexity index is 460. The molecule has 1 unspecified atom stereocenters. The smallest absolute Gasteiger partial charge is 0.176 e. The van der Waals surface area contributed by atoms with Crippen LogP contribution in [0.2, 0.25) is 0 Å². The molecule has 0 saturated carbocycles. The third-order valence-electron chi connectivity index (χ3n) is 2.50. The lowest BCUT2D eigenvalue weighted by atomic mass is 9.88. The molecule has 16 heavy (non-hydrogen) atoms. The average molecular weight is 209 g/mol. The number of benzene rings is 1. The Morgan fingerprint density at radius 3 is 2.12 bits per heavy atom. The van der Waals surface area contributed by atoms with Gasteiger partial charge in [0.2, 0.25) is 0 Å². The molecule has 0 saturated heterocycles. The van der Waals surface area contributed by atoms with E-state index in [1.54, 1.807) is 36.7 Å². The van der Waals surface area contributed by atoms with Gasteiger partial charge in [-0.05, 0) is 12.1 Å². The maximum atomic E-state index is 10.5. The molecule has 1 heterocycles. The molecule has 0 aliphatic rings. The summed E-state index contributed by atoms with van der Waals surface area (Å²) >= 11 is 0. The van der Waals surface area contributed by atoms with Gasteiger partial charge in [0.1, 0.15) is 0 Å². The molecular formula is C14H11NO. The molecule has 1 aromatic heterocycles. The molecule has 2 rings (SSSR count). The monoisotopic (exact) mass is 209 g/mol. The van der Waals surface area contributed by atoms with Crippen LogP contribution >= 0.6 is 0 Å². The summed E-state index contributed by atoms with van der Waals surface area (Å²) in [6.45, 7) is 0. The fraction of sp³-hybridized carbons (Fsp3) is 0.0714. The van der Waals surface area contributed by atoms with Gasteiger partial charge in [-0.15, -0.1) is 6.42 Å². The van der Waals surface area contributed by atoms with Crippen molar-refractivity contribution in [2.75, 3.05) is 0 Å². The van der Waals surface area contributed by atoms with E-state index in [4.69, 9.17) is 6.42 Å². The normalized spacial score (nSPS) is 13.8. The largest absolute Gasteiger partial charge is 0.369 e. The van der Waals surface area contributed by atoms with Crippen molar-refractivity contribution in [3.63, 3.8) is 0 Å². The van der Waals surface area contributed by atoms with Crippen molar-refractivity contribution in [1.29, 1.82) is 0 Å². The quantitative estimate of drug-likeness (QED) is 0.767. The van der Waals surface area contributed by atoms with Crippen LogP contribution in [-0.2, 0) is 5.60 Å².